The van der Waals surface area contributed by atoms with Crippen molar-refractivity contribution in [2.45, 2.75) is 11.8 Å². The monoisotopic (exact) mass is 516 g/mol. The van der Waals surface area contributed by atoms with Gasteiger partial charge in [0.05, 0.1) is 10.6 Å². The normalized spacial score (nSPS) is 12.8. The molecule has 0 spiro atoms. The fraction of sp³-hybridized carbons (Fsp3) is 0.174. The lowest BCUT2D eigenvalue weighted by molar-refractivity contribution is -0.114. The highest BCUT2D eigenvalue weighted by Crippen LogP contribution is 2.33. The second-order valence-electron chi connectivity index (χ2n) is 7.21. The molecule has 1 heterocycles. The summed E-state index contributed by atoms with van der Waals surface area (Å²) in [6.07, 6.45) is 0. The van der Waals surface area contributed by atoms with Crippen LogP contribution in [-0.4, -0.2) is 34.1 Å². The first-order valence-electron chi connectivity index (χ1n) is 9.87. The second-order valence-corrected chi connectivity index (χ2v) is 9.99. The molecule has 1 aliphatic rings. The minimum atomic E-state index is -3.97. The number of benzene rings is 3. The Morgan fingerprint density at radius 2 is 1.62 bits per heavy atom. The van der Waals surface area contributed by atoms with Crippen molar-refractivity contribution in [3.05, 3.63) is 76.8 Å². The smallest absolute Gasteiger partial charge is 0.264 e. The number of nitrogens with one attached hydrogen (secondary N) is 1. The highest BCUT2D eigenvalue weighted by atomic mass is 79.9. The standard InChI is InChI=1S/C23H21BrN2O5S/c1-16-2-9-20(10-3-16)32(28,29)26(19-7-4-17(24)5-8-19)15-23(27)25-18-6-11-21-22(14-18)31-13-12-30-21/h2-11,14H,12-13,15H2,1H3,(H,25,27). The number of rotatable bonds is 6. The fourth-order valence-electron chi connectivity index (χ4n) is 3.21. The summed E-state index contributed by atoms with van der Waals surface area (Å²) in [5, 5.41) is 2.75. The summed E-state index contributed by atoms with van der Waals surface area (Å²) in [7, 11) is -3.97. The molecule has 1 N–H and O–H groups in total. The summed E-state index contributed by atoms with van der Waals surface area (Å²) in [5.74, 6) is 0.652. The molecule has 3 aromatic rings. The number of amides is 1. The molecule has 9 heteroatoms. The maximum absolute atomic E-state index is 13.4. The Hall–Kier alpha value is -3.04. The van der Waals surface area contributed by atoms with E-state index >= 15 is 0 Å². The van der Waals surface area contributed by atoms with E-state index in [1.54, 1.807) is 54.6 Å². The van der Waals surface area contributed by atoms with E-state index < -0.39 is 22.5 Å². The lowest BCUT2D eigenvalue weighted by atomic mass is 10.2. The van der Waals surface area contributed by atoms with Crippen molar-refractivity contribution in [2.75, 3.05) is 29.4 Å². The van der Waals surface area contributed by atoms with Gasteiger partial charge in [0.25, 0.3) is 10.0 Å². The number of halogens is 1. The zero-order valence-corrected chi connectivity index (χ0v) is 19.6. The van der Waals surface area contributed by atoms with Gasteiger partial charge in [0.15, 0.2) is 11.5 Å². The molecule has 0 fully saturated rings. The molecule has 166 valence electrons. The minimum Gasteiger partial charge on any atom is -0.486 e. The second kappa shape index (κ2) is 9.22. The number of aryl methyl sites for hydroxylation is 1. The van der Waals surface area contributed by atoms with Crippen LogP contribution in [0.3, 0.4) is 0 Å². The van der Waals surface area contributed by atoms with Gasteiger partial charge in [-0.25, -0.2) is 8.42 Å². The fourth-order valence-corrected chi connectivity index (χ4v) is 4.90. The number of hydrogen-bond donors (Lipinski definition) is 1. The van der Waals surface area contributed by atoms with E-state index in [-0.39, 0.29) is 4.90 Å². The van der Waals surface area contributed by atoms with Crippen LogP contribution in [0.15, 0.2) is 76.1 Å². The summed E-state index contributed by atoms with van der Waals surface area (Å²) in [6, 6.07) is 18.3. The van der Waals surface area contributed by atoms with Crippen molar-refractivity contribution in [3.63, 3.8) is 0 Å². The molecule has 1 amide bonds. The molecular weight excluding hydrogens is 496 g/mol. The molecule has 0 saturated heterocycles. The quantitative estimate of drug-likeness (QED) is 0.525. The first-order chi connectivity index (χ1) is 15.3. The van der Waals surface area contributed by atoms with Gasteiger partial charge in [-0.1, -0.05) is 33.6 Å². The molecule has 7 nitrogen and oxygen atoms in total. The van der Waals surface area contributed by atoms with Crippen molar-refractivity contribution in [1.29, 1.82) is 0 Å². The van der Waals surface area contributed by atoms with E-state index in [0.717, 1.165) is 14.3 Å². The lowest BCUT2D eigenvalue weighted by Crippen LogP contribution is -2.38. The van der Waals surface area contributed by atoms with Crippen molar-refractivity contribution in [1.82, 2.24) is 0 Å². The molecule has 4 rings (SSSR count). The van der Waals surface area contributed by atoms with Crippen LogP contribution in [-0.2, 0) is 14.8 Å². The van der Waals surface area contributed by atoms with Gasteiger partial charge in [-0.3, -0.25) is 9.10 Å². The molecule has 0 unspecified atom stereocenters. The maximum atomic E-state index is 13.4. The van der Waals surface area contributed by atoms with Crippen molar-refractivity contribution < 1.29 is 22.7 Å². The van der Waals surface area contributed by atoms with Gasteiger partial charge in [0.1, 0.15) is 19.8 Å². The molecule has 3 aromatic carbocycles. The first-order valence-corrected chi connectivity index (χ1v) is 12.1. The van der Waals surface area contributed by atoms with Crippen LogP contribution < -0.4 is 19.1 Å². The molecule has 0 radical (unpaired) electrons. The Labute approximate surface area is 195 Å². The molecular formula is C23H21BrN2O5S. The Morgan fingerprint density at radius 1 is 0.969 bits per heavy atom. The highest BCUT2D eigenvalue weighted by Gasteiger charge is 2.27. The van der Waals surface area contributed by atoms with Gasteiger partial charge in [-0.05, 0) is 55.5 Å². The van der Waals surface area contributed by atoms with Crippen LogP contribution in [0.25, 0.3) is 0 Å². The van der Waals surface area contributed by atoms with Crippen LogP contribution in [0.5, 0.6) is 11.5 Å². The number of nitrogens with zero attached hydrogens (tertiary/aromatic N) is 1. The molecule has 0 aromatic heterocycles. The van der Waals surface area contributed by atoms with Gasteiger partial charge < -0.3 is 14.8 Å². The number of carbonyl (C=O) groups excluding carboxylic acids is 1. The molecule has 0 atom stereocenters. The van der Waals surface area contributed by atoms with E-state index in [1.807, 2.05) is 6.92 Å². The zero-order valence-electron chi connectivity index (χ0n) is 17.2. The van der Waals surface area contributed by atoms with E-state index in [0.29, 0.717) is 36.1 Å². The van der Waals surface area contributed by atoms with Gasteiger partial charge in [-0.15, -0.1) is 0 Å². The average molecular weight is 517 g/mol. The largest absolute Gasteiger partial charge is 0.486 e. The number of sulfonamides is 1. The Kier molecular flexibility index (Phi) is 6.38. The molecule has 1 aliphatic heterocycles. The number of carbonyl (C=O) groups is 1. The third-order valence-electron chi connectivity index (χ3n) is 4.84. The molecule has 32 heavy (non-hydrogen) atoms. The average Bonchev–Trinajstić information content (AvgIpc) is 2.78. The van der Waals surface area contributed by atoms with Crippen molar-refractivity contribution in [3.8, 4) is 11.5 Å². The minimum absolute atomic E-state index is 0.109. The predicted molar refractivity (Wildman–Crippen MR) is 126 cm³/mol. The Morgan fingerprint density at radius 3 is 2.31 bits per heavy atom. The van der Waals surface area contributed by atoms with Crippen LogP contribution in [0.1, 0.15) is 5.56 Å². The van der Waals surface area contributed by atoms with Crippen LogP contribution in [0, 0.1) is 6.92 Å². The van der Waals surface area contributed by atoms with Gasteiger partial charge >= 0.3 is 0 Å². The number of anilines is 2. The van der Waals surface area contributed by atoms with Crippen LogP contribution in [0.2, 0.25) is 0 Å². The summed E-state index contributed by atoms with van der Waals surface area (Å²) >= 11 is 3.35. The van der Waals surface area contributed by atoms with E-state index in [1.165, 1.54) is 12.1 Å². The molecule has 0 aliphatic carbocycles. The third kappa shape index (κ3) is 4.89. The summed E-state index contributed by atoms with van der Waals surface area (Å²) in [6.45, 7) is 2.38. The Balaban J connectivity index is 1.61. The zero-order chi connectivity index (χ0) is 22.7. The van der Waals surface area contributed by atoms with Gasteiger partial charge in [0.2, 0.25) is 5.91 Å². The van der Waals surface area contributed by atoms with Crippen LogP contribution in [0.4, 0.5) is 11.4 Å². The summed E-state index contributed by atoms with van der Waals surface area (Å²) < 4.78 is 39.7. The summed E-state index contributed by atoms with van der Waals surface area (Å²) in [4.78, 5) is 13.0. The SMILES string of the molecule is Cc1ccc(S(=O)(=O)N(CC(=O)Nc2ccc3c(c2)OCCO3)c2ccc(Br)cc2)cc1. The maximum Gasteiger partial charge on any atom is 0.264 e. The lowest BCUT2D eigenvalue weighted by Gasteiger charge is -2.24. The van der Waals surface area contributed by atoms with E-state index in [4.69, 9.17) is 9.47 Å². The van der Waals surface area contributed by atoms with E-state index in [9.17, 15) is 13.2 Å². The number of fused-ring (bicyclic) bond motifs is 1. The number of ether oxygens (including phenoxy) is 2. The molecule has 0 saturated carbocycles. The van der Waals surface area contributed by atoms with E-state index in [2.05, 4.69) is 21.2 Å². The topological polar surface area (TPSA) is 84.9 Å². The van der Waals surface area contributed by atoms with Crippen molar-refractivity contribution >= 4 is 43.2 Å². The predicted octanol–water partition coefficient (Wildman–Crippen LogP) is 4.36. The van der Waals surface area contributed by atoms with Crippen molar-refractivity contribution in [2.24, 2.45) is 0 Å². The van der Waals surface area contributed by atoms with Crippen LogP contribution >= 0.6 is 15.9 Å². The third-order valence-corrected chi connectivity index (χ3v) is 7.15. The first kappa shape index (κ1) is 22.2. The summed E-state index contributed by atoms with van der Waals surface area (Å²) in [5.41, 5.74) is 1.81. The Bertz CT molecular complexity index is 1230. The highest BCUT2D eigenvalue weighted by molar-refractivity contribution is 9.10. The van der Waals surface area contributed by atoms with Gasteiger partial charge in [0, 0.05) is 16.2 Å². The number of hydrogen-bond acceptors (Lipinski definition) is 5. The van der Waals surface area contributed by atoms with Gasteiger partial charge in [-0.2, -0.15) is 0 Å². The molecule has 0 bridgehead atoms.